The highest BCUT2D eigenvalue weighted by molar-refractivity contribution is 6.30. The molecular formula is C20H22Cl2N2O. The van der Waals surface area contributed by atoms with E-state index in [0.29, 0.717) is 11.4 Å². The third-order valence-electron chi connectivity index (χ3n) is 4.62. The van der Waals surface area contributed by atoms with E-state index in [4.69, 9.17) is 23.2 Å². The molecule has 0 aromatic heterocycles. The molecule has 0 unspecified atom stereocenters. The molecule has 1 amide bonds. The van der Waals surface area contributed by atoms with Crippen molar-refractivity contribution in [2.75, 3.05) is 32.7 Å². The van der Waals surface area contributed by atoms with Crippen LogP contribution in [0.1, 0.15) is 11.1 Å². The molecule has 0 atom stereocenters. The summed E-state index contributed by atoms with van der Waals surface area (Å²) >= 11 is 11.8. The molecule has 3 nitrogen and oxygen atoms in total. The van der Waals surface area contributed by atoms with Crippen LogP contribution < -0.4 is 0 Å². The Morgan fingerprint density at radius 3 is 1.88 bits per heavy atom. The maximum Gasteiger partial charge on any atom is 0.227 e. The first-order valence-corrected chi connectivity index (χ1v) is 9.35. The first-order chi connectivity index (χ1) is 12.1. The van der Waals surface area contributed by atoms with E-state index in [-0.39, 0.29) is 5.91 Å². The second-order valence-corrected chi connectivity index (χ2v) is 7.28. The van der Waals surface area contributed by atoms with E-state index in [9.17, 15) is 4.79 Å². The Bertz CT molecular complexity index is 693. The van der Waals surface area contributed by atoms with Crippen molar-refractivity contribution in [2.45, 2.75) is 12.8 Å². The predicted octanol–water partition coefficient (Wildman–Crippen LogP) is 3.92. The first kappa shape index (κ1) is 18.2. The van der Waals surface area contributed by atoms with Crippen LogP contribution in [-0.4, -0.2) is 48.4 Å². The molecule has 1 saturated heterocycles. The van der Waals surface area contributed by atoms with Gasteiger partial charge in [-0.25, -0.2) is 0 Å². The summed E-state index contributed by atoms with van der Waals surface area (Å²) in [5.74, 6) is 0.194. The van der Waals surface area contributed by atoms with Gasteiger partial charge in [-0.1, -0.05) is 47.5 Å². The molecule has 0 bridgehead atoms. The molecule has 1 heterocycles. The van der Waals surface area contributed by atoms with Crippen LogP contribution in [0.15, 0.2) is 48.5 Å². The lowest BCUT2D eigenvalue weighted by Gasteiger charge is -2.34. The summed E-state index contributed by atoms with van der Waals surface area (Å²) in [7, 11) is 0. The lowest BCUT2D eigenvalue weighted by atomic mass is 10.1. The fraction of sp³-hybridized carbons (Fsp3) is 0.350. The predicted molar refractivity (Wildman–Crippen MR) is 103 cm³/mol. The number of nitrogens with zero attached hydrogens (tertiary/aromatic N) is 2. The van der Waals surface area contributed by atoms with Crippen LogP contribution in [0.2, 0.25) is 10.0 Å². The topological polar surface area (TPSA) is 23.6 Å². The Balaban J connectivity index is 1.42. The Hall–Kier alpha value is -1.55. The zero-order chi connectivity index (χ0) is 17.6. The van der Waals surface area contributed by atoms with Crippen LogP contribution in [0.3, 0.4) is 0 Å². The molecule has 5 heteroatoms. The highest BCUT2D eigenvalue weighted by Gasteiger charge is 2.20. The number of piperazine rings is 1. The SMILES string of the molecule is O=C(Cc1ccc(Cl)cc1)N1CCN(CCc2ccc(Cl)cc2)CC1. The molecule has 1 aliphatic rings. The van der Waals surface area contributed by atoms with E-state index < -0.39 is 0 Å². The molecule has 0 radical (unpaired) electrons. The van der Waals surface area contributed by atoms with E-state index in [1.54, 1.807) is 0 Å². The fourth-order valence-electron chi connectivity index (χ4n) is 3.05. The Kier molecular flexibility index (Phi) is 6.35. The molecule has 1 fully saturated rings. The standard InChI is InChI=1S/C20H22Cl2N2O/c21-18-5-1-16(2-6-18)9-10-23-11-13-24(14-12-23)20(25)15-17-3-7-19(22)8-4-17/h1-8H,9-15H2. The number of hydrogen-bond donors (Lipinski definition) is 0. The lowest BCUT2D eigenvalue weighted by molar-refractivity contribution is -0.132. The van der Waals surface area contributed by atoms with Gasteiger partial charge in [-0.2, -0.15) is 0 Å². The quantitative estimate of drug-likeness (QED) is 0.789. The average molecular weight is 377 g/mol. The van der Waals surface area contributed by atoms with Gasteiger partial charge in [0.2, 0.25) is 5.91 Å². The van der Waals surface area contributed by atoms with Crippen LogP contribution in [-0.2, 0) is 17.6 Å². The van der Waals surface area contributed by atoms with Gasteiger partial charge in [0.05, 0.1) is 6.42 Å². The van der Waals surface area contributed by atoms with E-state index in [1.807, 2.05) is 41.3 Å². The molecule has 0 aliphatic carbocycles. The Labute approximate surface area is 159 Å². The minimum absolute atomic E-state index is 0.194. The average Bonchev–Trinajstić information content (AvgIpc) is 2.63. The van der Waals surface area contributed by atoms with Gasteiger partial charge in [-0.3, -0.25) is 9.69 Å². The van der Waals surface area contributed by atoms with Gasteiger partial charge < -0.3 is 4.90 Å². The molecular weight excluding hydrogens is 355 g/mol. The summed E-state index contributed by atoms with van der Waals surface area (Å²) in [6.45, 7) is 4.47. The first-order valence-electron chi connectivity index (χ1n) is 8.59. The van der Waals surface area contributed by atoms with E-state index in [0.717, 1.165) is 49.7 Å². The molecule has 0 N–H and O–H groups in total. The number of carbonyl (C=O) groups excluding carboxylic acids is 1. The van der Waals surface area contributed by atoms with Gasteiger partial charge in [0.25, 0.3) is 0 Å². The highest BCUT2D eigenvalue weighted by Crippen LogP contribution is 2.13. The van der Waals surface area contributed by atoms with Gasteiger partial charge in [-0.05, 0) is 41.8 Å². The number of benzene rings is 2. The number of hydrogen-bond acceptors (Lipinski definition) is 2. The number of carbonyl (C=O) groups is 1. The van der Waals surface area contributed by atoms with Gasteiger partial charge in [-0.15, -0.1) is 0 Å². The van der Waals surface area contributed by atoms with Crippen molar-refractivity contribution in [3.63, 3.8) is 0 Å². The minimum atomic E-state index is 0.194. The molecule has 0 saturated carbocycles. The van der Waals surface area contributed by atoms with Crippen molar-refractivity contribution in [3.05, 3.63) is 69.7 Å². The Morgan fingerprint density at radius 2 is 1.32 bits per heavy atom. The van der Waals surface area contributed by atoms with Crippen molar-refractivity contribution in [3.8, 4) is 0 Å². The van der Waals surface area contributed by atoms with Gasteiger partial charge in [0.15, 0.2) is 0 Å². The second-order valence-electron chi connectivity index (χ2n) is 6.40. The van der Waals surface area contributed by atoms with Crippen LogP contribution >= 0.6 is 23.2 Å². The van der Waals surface area contributed by atoms with Crippen molar-refractivity contribution in [1.29, 1.82) is 0 Å². The summed E-state index contributed by atoms with van der Waals surface area (Å²) in [6, 6.07) is 15.5. The molecule has 2 aromatic rings. The highest BCUT2D eigenvalue weighted by atomic mass is 35.5. The molecule has 0 spiro atoms. The molecule has 3 rings (SSSR count). The number of halogens is 2. The number of rotatable bonds is 5. The van der Waals surface area contributed by atoms with Crippen molar-refractivity contribution < 1.29 is 4.79 Å². The lowest BCUT2D eigenvalue weighted by Crippen LogP contribution is -2.49. The zero-order valence-electron chi connectivity index (χ0n) is 14.1. The zero-order valence-corrected chi connectivity index (χ0v) is 15.6. The third kappa shape index (κ3) is 5.46. The molecule has 2 aromatic carbocycles. The fourth-order valence-corrected chi connectivity index (χ4v) is 3.30. The van der Waals surface area contributed by atoms with Crippen molar-refractivity contribution in [2.24, 2.45) is 0 Å². The second kappa shape index (κ2) is 8.70. The van der Waals surface area contributed by atoms with Crippen LogP contribution in [0.25, 0.3) is 0 Å². The van der Waals surface area contributed by atoms with Crippen LogP contribution in [0.4, 0.5) is 0 Å². The van der Waals surface area contributed by atoms with E-state index in [1.165, 1.54) is 5.56 Å². The summed E-state index contributed by atoms with van der Waals surface area (Å²) in [5, 5.41) is 1.47. The summed E-state index contributed by atoms with van der Waals surface area (Å²) < 4.78 is 0. The third-order valence-corrected chi connectivity index (χ3v) is 5.13. The summed E-state index contributed by atoms with van der Waals surface area (Å²) in [6.07, 6.45) is 1.46. The number of amides is 1. The monoisotopic (exact) mass is 376 g/mol. The van der Waals surface area contributed by atoms with Gasteiger partial charge in [0, 0.05) is 42.8 Å². The molecule has 132 valence electrons. The van der Waals surface area contributed by atoms with Gasteiger partial charge in [0.1, 0.15) is 0 Å². The summed E-state index contributed by atoms with van der Waals surface area (Å²) in [5.41, 5.74) is 2.31. The Morgan fingerprint density at radius 1 is 0.800 bits per heavy atom. The molecule has 25 heavy (non-hydrogen) atoms. The van der Waals surface area contributed by atoms with Crippen molar-refractivity contribution in [1.82, 2.24) is 9.80 Å². The minimum Gasteiger partial charge on any atom is -0.340 e. The largest absolute Gasteiger partial charge is 0.340 e. The smallest absolute Gasteiger partial charge is 0.227 e. The maximum absolute atomic E-state index is 12.4. The summed E-state index contributed by atoms with van der Waals surface area (Å²) in [4.78, 5) is 16.8. The molecule has 1 aliphatic heterocycles. The van der Waals surface area contributed by atoms with E-state index in [2.05, 4.69) is 17.0 Å². The normalized spacial score (nSPS) is 15.4. The van der Waals surface area contributed by atoms with E-state index >= 15 is 0 Å². The van der Waals surface area contributed by atoms with Crippen LogP contribution in [0.5, 0.6) is 0 Å². The van der Waals surface area contributed by atoms with Crippen molar-refractivity contribution >= 4 is 29.1 Å². The van der Waals surface area contributed by atoms with Crippen LogP contribution in [0, 0.1) is 0 Å². The van der Waals surface area contributed by atoms with Gasteiger partial charge >= 0.3 is 0 Å². The maximum atomic E-state index is 12.4.